The fraction of sp³-hybridized carbons (Fsp3) is 0.0417. The van der Waals surface area contributed by atoms with Crippen molar-refractivity contribution in [2.24, 2.45) is 0 Å². The molecule has 0 saturated carbocycles. The van der Waals surface area contributed by atoms with Crippen LogP contribution >= 0.6 is 0 Å². The minimum absolute atomic E-state index is 0.268. The molecule has 1 nitrogen and oxygen atoms in total. The molecule has 11 rings (SSSR count). The molecule has 9 aromatic rings. The molecule has 1 atom stereocenters. The molecule has 1 heterocycles. The first-order chi connectivity index (χ1) is 24.3. The average Bonchev–Trinajstić information content (AvgIpc) is 3.53. The first-order valence-corrected chi connectivity index (χ1v) is 17.3. The van der Waals surface area contributed by atoms with Gasteiger partial charge >= 0.3 is 0 Å². The Kier molecular flexibility index (Phi) is 5.57. The summed E-state index contributed by atoms with van der Waals surface area (Å²) in [6, 6.07) is 56.6. The van der Waals surface area contributed by atoms with Crippen molar-refractivity contribution >= 4 is 81.5 Å². The molecular weight excluding hydrogens is 591 g/mol. The highest BCUT2D eigenvalue weighted by Crippen LogP contribution is 2.47. The highest BCUT2D eigenvalue weighted by molar-refractivity contribution is 6.21. The fourth-order valence-corrected chi connectivity index (χ4v) is 8.79. The lowest BCUT2D eigenvalue weighted by molar-refractivity contribution is 0.931. The average molecular weight is 622 g/mol. The van der Waals surface area contributed by atoms with Crippen LogP contribution in [0.15, 0.2) is 164 Å². The van der Waals surface area contributed by atoms with E-state index in [-0.39, 0.29) is 6.04 Å². The van der Waals surface area contributed by atoms with Crippen molar-refractivity contribution in [1.29, 1.82) is 0 Å². The minimum Gasteiger partial charge on any atom is -0.377 e. The standard InChI is InChI=1S/C48H31N/c1-5-13-35-29(9-1)17-21-39-41(35)25-31-11-3-7-15-37(31)47(39)33-19-23-45-43(27-33)44-28-34(20-24-46(44)49-45)48-38-16-8-4-12-32(38)26-42-36-14-6-2-10-30(36)18-22-40(42)48/h1-23,25-28,46,49H,24H2. The number of anilines is 1. The lowest BCUT2D eigenvalue weighted by Crippen LogP contribution is -2.15. The molecule has 0 spiro atoms. The normalized spacial score (nSPS) is 15.5. The zero-order valence-corrected chi connectivity index (χ0v) is 26.9. The molecular formula is C48H31N. The summed E-state index contributed by atoms with van der Waals surface area (Å²) in [5.74, 6) is 0. The summed E-state index contributed by atoms with van der Waals surface area (Å²) in [6.45, 7) is 0. The van der Waals surface area contributed by atoms with Crippen LogP contribution in [-0.4, -0.2) is 6.04 Å². The SMILES string of the molecule is C1=C(c2c3ccccc3cc3c2ccc2ccccc23)C=C2c3cc(-c4c5ccccc5cc5c4ccc4ccccc45)ccc3NC2C1. The molecule has 228 valence electrons. The number of fused-ring (bicyclic) bond motifs is 11. The maximum absolute atomic E-state index is 3.87. The van der Waals surface area contributed by atoms with E-state index in [4.69, 9.17) is 0 Å². The van der Waals surface area contributed by atoms with Crippen molar-refractivity contribution in [2.75, 3.05) is 5.32 Å². The van der Waals surface area contributed by atoms with Crippen molar-refractivity contribution in [1.82, 2.24) is 0 Å². The van der Waals surface area contributed by atoms with Crippen molar-refractivity contribution in [3.63, 3.8) is 0 Å². The number of nitrogens with one attached hydrogen (secondary N) is 1. The quantitative estimate of drug-likeness (QED) is 0.150. The number of hydrogen-bond donors (Lipinski definition) is 1. The minimum atomic E-state index is 0.268. The molecule has 1 aliphatic heterocycles. The third-order valence-corrected chi connectivity index (χ3v) is 11.0. The molecule has 0 fully saturated rings. The lowest BCUT2D eigenvalue weighted by atomic mass is 9.84. The largest absolute Gasteiger partial charge is 0.377 e. The highest BCUT2D eigenvalue weighted by atomic mass is 15.0. The van der Waals surface area contributed by atoms with E-state index in [0.29, 0.717) is 0 Å². The number of rotatable bonds is 2. The Morgan fingerprint density at radius 2 is 0.980 bits per heavy atom. The molecule has 49 heavy (non-hydrogen) atoms. The second-order valence-electron chi connectivity index (χ2n) is 13.7. The van der Waals surface area contributed by atoms with Crippen LogP contribution in [0.25, 0.3) is 86.9 Å². The van der Waals surface area contributed by atoms with Gasteiger partial charge < -0.3 is 5.32 Å². The molecule has 9 aromatic carbocycles. The van der Waals surface area contributed by atoms with Gasteiger partial charge in [-0.05, 0) is 129 Å². The number of hydrogen-bond acceptors (Lipinski definition) is 1. The van der Waals surface area contributed by atoms with E-state index < -0.39 is 0 Å². The van der Waals surface area contributed by atoms with Crippen LogP contribution in [-0.2, 0) is 0 Å². The fourth-order valence-electron chi connectivity index (χ4n) is 8.79. The van der Waals surface area contributed by atoms with Gasteiger partial charge in [0.15, 0.2) is 0 Å². The van der Waals surface area contributed by atoms with Crippen LogP contribution in [0.4, 0.5) is 5.69 Å². The summed E-state index contributed by atoms with van der Waals surface area (Å²) in [4.78, 5) is 0. The second-order valence-corrected chi connectivity index (χ2v) is 13.7. The molecule has 1 unspecified atom stereocenters. The summed E-state index contributed by atoms with van der Waals surface area (Å²) in [5, 5.41) is 19.4. The van der Waals surface area contributed by atoms with Gasteiger partial charge in [-0.25, -0.2) is 0 Å². The number of benzene rings is 9. The van der Waals surface area contributed by atoms with E-state index in [1.807, 2.05) is 0 Å². The molecule has 0 amide bonds. The first kappa shape index (κ1) is 26.8. The van der Waals surface area contributed by atoms with Crippen LogP contribution in [0, 0.1) is 0 Å². The molecule has 0 radical (unpaired) electrons. The van der Waals surface area contributed by atoms with Crippen LogP contribution in [0.3, 0.4) is 0 Å². The summed E-state index contributed by atoms with van der Waals surface area (Å²) in [5.41, 5.74) is 9.13. The van der Waals surface area contributed by atoms with Gasteiger partial charge in [-0.3, -0.25) is 0 Å². The zero-order valence-electron chi connectivity index (χ0n) is 26.9. The zero-order chi connectivity index (χ0) is 32.1. The summed E-state index contributed by atoms with van der Waals surface area (Å²) < 4.78 is 0. The van der Waals surface area contributed by atoms with Crippen LogP contribution < -0.4 is 5.32 Å². The molecule has 0 aromatic heterocycles. The van der Waals surface area contributed by atoms with Crippen molar-refractivity contribution in [3.8, 4) is 11.1 Å². The Bertz CT molecular complexity index is 2940. The van der Waals surface area contributed by atoms with Crippen LogP contribution in [0.5, 0.6) is 0 Å². The van der Waals surface area contributed by atoms with Gasteiger partial charge in [-0.2, -0.15) is 0 Å². The third kappa shape index (κ3) is 3.93. The van der Waals surface area contributed by atoms with E-state index in [1.54, 1.807) is 0 Å². The van der Waals surface area contributed by atoms with Gasteiger partial charge in [0, 0.05) is 11.3 Å². The highest BCUT2D eigenvalue weighted by Gasteiger charge is 2.30. The van der Waals surface area contributed by atoms with E-state index in [2.05, 4.69) is 169 Å². The Balaban J connectivity index is 1.13. The van der Waals surface area contributed by atoms with Gasteiger partial charge in [0.05, 0.1) is 6.04 Å². The summed E-state index contributed by atoms with van der Waals surface area (Å²) in [6.07, 6.45) is 5.88. The van der Waals surface area contributed by atoms with Gasteiger partial charge in [0.1, 0.15) is 0 Å². The molecule has 0 saturated heterocycles. The second kappa shape index (κ2) is 10.2. The Morgan fingerprint density at radius 3 is 1.63 bits per heavy atom. The topological polar surface area (TPSA) is 12.0 Å². The Morgan fingerprint density at radius 1 is 0.429 bits per heavy atom. The maximum Gasteiger partial charge on any atom is 0.0555 e. The van der Waals surface area contributed by atoms with Gasteiger partial charge in [0.2, 0.25) is 0 Å². The molecule has 1 N–H and O–H groups in total. The van der Waals surface area contributed by atoms with E-state index in [1.165, 1.54) is 104 Å². The predicted molar refractivity (Wildman–Crippen MR) is 211 cm³/mol. The van der Waals surface area contributed by atoms with Crippen molar-refractivity contribution in [3.05, 3.63) is 175 Å². The third-order valence-electron chi connectivity index (χ3n) is 11.0. The molecule has 2 aliphatic rings. The van der Waals surface area contributed by atoms with E-state index in [9.17, 15) is 0 Å². The lowest BCUT2D eigenvalue weighted by Gasteiger charge is -2.21. The van der Waals surface area contributed by atoms with Crippen LogP contribution in [0.1, 0.15) is 17.5 Å². The van der Waals surface area contributed by atoms with Crippen LogP contribution in [0.2, 0.25) is 0 Å². The first-order valence-electron chi connectivity index (χ1n) is 17.3. The Labute approximate surface area is 284 Å². The monoisotopic (exact) mass is 621 g/mol. The summed E-state index contributed by atoms with van der Waals surface area (Å²) >= 11 is 0. The van der Waals surface area contributed by atoms with Crippen molar-refractivity contribution in [2.45, 2.75) is 12.5 Å². The van der Waals surface area contributed by atoms with E-state index in [0.717, 1.165) is 6.42 Å². The predicted octanol–water partition coefficient (Wildman–Crippen LogP) is 12.9. The molecule has 0 bridgehead atoms. The van der Waals surface area contributed by atoms with E-state index >= 15 is 0 Å². The number of allylic oxidation sites excluding steroid dienone is 2. The molecule has 1 heteroatoms. The molecule has 1 aliphatic carbocycles. The van der Waals surface area contributed by atoms with Gasteiger partial charge in [-0.1, -0.05) is 133 Å². The van der Waals surface area contributed by atoms with Gasteiger partial charge in [-0.15, -0.1) is 0 Å². The Hall–Kier alpha value is -6.18. The van der Waals surface area contributed by atoms with Crippen molar-refractivity contribution < 1.29 is 0 Å². The maximum atomic E-state index is 3.87. The summed E-state index contributed by atoms with van der Waals surface area (Å²) in [7, 11) is 0. The smallest absolute Gasteiger partial charge is 0.0555 e. The van der Waals surface area contributed by atoms with Gasteiger partial charge in [0.25, 0.3) is 0 Å².